The molecule has 2 rings (SSSR count). The van der Waals surface area contributed by atoms with E-state index in [0.29, 0.717) is 13.2 Å². The van der Waals surface area contributed by atoms with Crippen LogP contribution in [0.2, 0.25) is 0 Å². The molecule has 2 aliphatic rings. The van der Waals surface area contributed by atoms with Gasteiger partial charge in [-0.2, -0.15) is 0 Å². The Bertz CT molecular complexity index is 145. The van der Waals surface area contributed by atoms with Crippen LogP contribution in [-0.2, 0) is 9.47 Å². The minimum absolute atomic E-state index is 0.0700. The Kier molecular flexibility index (Phi) is 2.63. The Labute approximate surface area is 72.7 Å². The molecule has 0 aromatic carbocycles. The molecule has 1 aliphatic carbocycles. The smallest absolute Gasteiger partial charge is 0.107 e. The van der Waals surface area contributed by atoms with Crippen LogP contribution in [0.5, 0.6) is 0 Å². The molecular formula is C9H16O3. The zero-order valence-corrected chi connectivity index (χ0v) is 7.24. The van der Waals surface area contributed by atoms with Crippen LogP contribution in [0.3, 0.4) is 0 Å². The lowest BCUT2D eigenvalue weighted by molar-refractivity contribution is -0.119. The van der Waals surface area contributed by atoms with Crippen LogP contribution in [-0.4, -0.2) is 37.1 Å². The Morgan fingerprint density at radius 1 is 1.33 bits per heavy atom. The Balaban J connectivity index is 1.68. The van der Waals surface area contributed by atoms with Gasteiger partial charge in [0, 0.05) is 6.61 Å². The molecule has 1 saturated heterocycles. The highest BCUT2D eigenvalue weighted by Crippen LogP contribution is 2.29. The fourth-order valence-electron chi connectivity index (χ4n) is 1.40. The summed E-state index contributed by atoms with van der Waals surface area (Å²) < 4.78 is 10.8. The van der Waals surface area contributed by atoms with E-state index in [9.17, 15) is 5.11 Å². The summed E-state index contributed by atoms with van der Waals surface area (Å²) in [5.41, 5.74) is 0. The van der Waals surface area contributed by atoms with Gasteiger partial charge in [-0.1, -0.05) is 0 Å². The fourth-order valence-corrected chi connectivity index (χ4v) is 1.40. The van der Waals surface area contributed by atoms with Crippen LogP contribution in [0.1, 0.15) is 19.3 Å². The molecule has 1 N–H and O–H groups in total. The zero-order chi connectivity index (χ0) is 8.39. The van der Waals surface area contributed by atoms with E-state index >= 15 is 0 Å². The number of aliphatic hydroxyl groups excluding tert-OH is 1. The molecule has 0 radical (unpaired) electrons. The number of rotatable bonds is 3. The normalized spacial score (nSPS) is 36.8. The number of hydrogen-bond acceptors (Lipinski definition) is 3. The molecule has 2 fully saturated rings. The second-order valence-corrected chi connectivity index (χ2v) is 3.75. The maximum absolute atomic E-state index is 9.50. The van der Waals surface area contributed by atoms with Crippen LogP contribution >= 0.6 is 0 Å². The third kappa shape index (κ3) is 2.19. The molecule has 1 saturated carbocycles. The van der Waals surface area contributed by atoms with Crippen molar-refractivity contribution in [3.05, 3.63) is 0 Å². The topological polar surface area (TPSA) is 38.7 Å². The highest BCUT2D eigenvalue weighted by Gasteiger charge is 2.28. The van der Waals surface area contributed by atoms with Crippen molar-refractivity contribution in [1.29, 1.82) is 0 Å². The van der Waals surface area contributed by atoms with Gasteiger partial charge >= 0.3 is 0 Å². The summed E-state index contributed by atoms with van der Waals surface area (Å²) in [6.45, 7) is 2.05. The second-order valence-electron chi connectivity index (χ2n) is 3.75. The lowest BCUT2D eigenvalue weighted by Gasteiger charge is -2.27. The second kappa shape index (κ2) is 3.73. The lowest BCUT2D eigenvalue weighted by Crippen LogP contribution is -2.39. The van der Waals surface area contributed by atoms with Crippen LogP contribution in [0, 0.1) is 5.92 Å². The summed E-state index contributed by atoms with van der Waals surface area (Å²) in [5.74, 6) is 0.763. The van der Waals surface area contributed by atoms with Gasteiger partial charge in [-0.3, -0.25) is 0 Å². The van der Waals surface area contributed by atoms with Gasteiger partial charge in [0.25, 0.3) is 0 Å². The van der Waals surface area contributed by atoms with Gasteiger partial charge in [0.15, 0.2) is 0 Å². The number of hydrogen-bond donors (Lipinski definition) is 1. The van der Waals surface area contributed by atoms with Gasteiger partial charge in [-0.25, -0.2) is 0 Å². The maximum atomic E-state index is 9.50. The van der Waals surface area contributed by atoms with Gasteiger partial charge in [0.2, 0.25) is 0 Å². The Morgan fingerprint density at radius 3 is 2.83 bits per heavy atom. The zero-order valence-electron chi connectivity index (χ0n) is 7.24. The van der Waals surface area contributed by atoms with Crippen molar-refractivity contribution in [3.63, 3.8) is 0 Å². The molecule has 0 aromatic heterocycles. The third-order valence-electron chi connectivity index (χ3n) is 2.51. The van der Waals surface area contributed by atoms with Crippen molar-refractivity contribution in [2.75, 3.05) is 19.8 Å². The summed E-state index contributed by atoms with van der Waals surface area (Å²) in [6.07, 6.45) is 2.93. The average molecular weight is 172 g/mol. The van der Waals surface area contributed by atoms with E-state index in [4.69, 9.17) is 9.47 Å². The Hall–Kier alpha value is -0.120. The summed E-state index contributed by atoms with van der Waals surface area (Å²) >= 11 is 0. The van der Waals surface area contributed by atoms with Crippen molar-refractivity contribution < 1.29 is 14.6 Å². The molecule has 0 amide bonds. The van der Waals surface area contributed by atoms with Crippen molar-refractivity contribution in [2.45, 2.75) is 31.5 Å². The molecule has 0 spiro atoms. The van der Waals surface area contributed by atoms with Crippen LogP contribution < -0.4 is 0 Å². The van der Waals surface area contributed by atoms with Gasteiger partial charge < -0.3 is 14.6 Å². The van der Waals surface area contributed by atoms with E-state index in [1.807, 2.05) is 0 Å². The van der Waals surface area contributed by atoms with Crippen molar-refractivity contribution in [1.82, 2.24) is 0 Å². The molecule has 0 bridgehead atoms. The standard InChI is InChI=1S/C9H16O3/c10-8-3-4-11-6-9(8)12-5-7-1-2-7/h7-10H,1-6H2/t8-,9-/m0/s1. The minimum atomic E-state index is -0.308. The van der Waals surface area contributed by atoms with E-state index in [1.165, 1.54) is 12.8 Å². The third-order valence-corrected chi connectivity index (χ3v) is 2.51. The largest absolute Gasteiger partial charge is 0.390 e. The quantitative estimate of drug-likeness (QED) is 0.676. The van der Waals surface area contributed by atoms with Crippen molar-refractivity contribution >= 4 is 0 Å². The van der Waals surface area contributed by atoms with Crippen molar-refractivity contribution in [3.8, 4) is 0 Å². The van der Waals surface area contributed by atoms with E-state index in [1.54, 1.807) is 0 Å². The molecule has 12 heavy (non-hydrogen) atoms. The summed E-state index contributed by atoms with van der Waals surface area (Å²) in [7, 11) is 0. The van der Waals surface area contributed by atoms with E-state index in [2.05, 4.69) is 0 Å². The van der Waals surface area contributed by atoms with Crippen LogP contribution in [0.15, 0.2) is 0 Å². The Morgan fingerprint density at radius 2 is 2.17 bits per heavy atom. The van der Waals surface area contributed by atoms with Crippen LogP contribution in [0.4, 0.5) is 0 Å². The average Bonchev–Trinajstić information content (AvgIpc) is 2.86. The first-order chi connectivity index (χ1) is 5.86. The predicted octanol–water partition coefficient (Wildman–Crippen LogP) is 0.563. The molecule has 2 atom stereocenters. The molecule has 70 valence electrons. The van der Waals surface area contributed by atoms with Gasteiger partial charge in [-0.15, -0.1) is 0 Å². The fraction of sp³-hybridized carbons (Fsp3) is 1.00. The van der Waals surface area contributed by atoms with E-state index in [-0.39, 0.29) is 12.2 Å². The van der Waals surface area contributed by atoms with Gasteiger partial charge in [0.1, 0.15) is 6.10 Å². The summed E-state index contributed by atoms with van der Waals surface area (Å²) in [5, 5.41) is 9.50. The molecule has 0 unspecified atom stereocenters. The van der Waals surface area contributed by atoms with E-state index in [0.717, 1.165) is 18.9 Å². The number of ether oxygens (including phenoxy) is 2. The molecular weight excluding hydrogens is 156 g/mol. The maximum Gasteiger partial charge on any atom is 0.107 e. The number of aliphatic hydroxyl groups is 1. The van der Waals surface area contributed by atoms with Gasteiger partial charge in [0.05, 0.1) is 19.3 Å². The summed E-state index contributed by atoms with van der Waals surface area (Å²) in [4.78, 5) is 0. The first-order valence-corrected chi connectivity index (χ1v) is 4.73. The van der Waals surface area contributed by atoms with E-state index < -0.39 is 0 Å². The molecule has 1 heterocycles. The summed E-state index contributed by atoms with van der Waals surface area (Å²) in [6, 6.07) is 0. The van der Waals surface area contributed by atoms with Gasteiger partial charge in [-0.05, 0) is 25.2 Å². The lowest BCUT2D eigenvalue weighted by atomic mass is 10.1. The molecule has 1 aliphatic heterocycles. The predicted molar refractivity (Wildman–Crippen MR) is 43.9 cm³/mol. The SMILES string of the molecule is O[C@H]1CCOC[C@@H]1OCC1CC1. The molecule has 3 nitrogen and oxygen atoms in total. The van der Waals surface area contributed by atoms with Crippen molar-refractivity contribution in [2.24, 2.45) is 5.92 Å². The molecule has 3 heteroatoms. The van der Waals surface area contributed by atoms with Crippen LogP contribution in [0.25, 0.3) is 0 Å². The minimum Gasteiger partial charge on any atom is -0.390 e. The first kappa shape index (κ1) is 8.48. The molecule has 0 aromatic rings. The monoisotopic (exact) mass is 172 g/mol. The highest BCUT2D eigenvalue weighted by molar-refractivity contribution is 4.76. The first-order valence-electron chi connectivity index (χ1n) is 4.73. The highest BCUT2D eigenvalue weighted by atomic mass is 16.5.